The van der Waals surface area contributed by atoms with E-state index in [0.717, 1.165) is 55.5 Å². The molecule has 1 unspecified atom stereocenters. The average molecular weight is 464 g/mol. The smallest absolute Gasteiger partial charge is 0.315 e. The molecule has 184 valence electrons. The number of rotatable bonds is 12. The van der Waals surface area contributed by atoms with Gasteiger partial charge in [0.15, 0.2) is 5.54 Å². The van der Waals surface area contributed by atoms with Gasteiger partial charge in [-0.3, -0.25) is 9.69 Å². The second-order valence-corrected chi connectivity index (χ2v) is 10.5. The Kier molecular flexibility index (Phi) is 8.90. The number of imide groups is 1. The first-order chi connectivity index (χ1) is 16.2. The van der Waals surface area contributed by atoms with Crippen molar-refractivity contribution in [1.29, 1.82) is 0 Å². The van der Waals surface area contributed by atoms with Crippen molar-refractivity contribution in [3.8, 4) is 0 Å². The summed E-state index contributed by atoms with van der Waals surface area (Å²) in [4.78, 5) is 31.0. The fourth-order valence-electron chi connectivity index (χ4n) is 4.65. The number of benzene rings is 2. The summed E-state index contributed by atoms with van der Waals surface area (Å²) in [6.07, 6.45) is 4.39. The Morgan fingerprint density at radius 2 is 1.35 bits per heavy atom. The molecular weight excluding hydrogens is 422 g/mol. The third-order valence-corrected chi connectivity index (χ3v) is 6.65. The van der Waals surface area contributed by atoms with Gasteiger partial charge in [-0.25, -0.2) is 9.69 Å². The molecule has 1 aliphatic heterocycles. The molecule has 5 heteroatoms. The summed E-state index contributed by atoms with van der Waals surface area (Å²) in [5.41, 5.74) is 1.48. The lowest BCUT2D eigenvalue weighted by Gasteiger charge is -2.30. The van der Waals surface area contributed by atoms with Crippen LogP contribution in [0.25, 0.3) is 0 Å². The van der Waals surface area contributed by atoms with Gasteiger partial charge < -0.3 is 5.32 Å². The lowest BCUT2D eigenvalue weighted by molar-refractivity contribution is -0.131. The van der Waals surface area contributed by atoms with Crippen molar-refractivity contribution >= 4 is 11.9 Å². The SMILES string of the molecule is Cc1ccc(C2(c3ccccc3)NC(=O)N(CN(CCCC(C)C)CCCC(C)C)C2=O)cc1. The summed E-state index contributed by atoms with van der Waals surface area (Å²) in [6, 6.07) is 17.2. The lowest BCUT2D eigenvalue weighted by atomic mass is 9.82. The molecule has 1 N–H and O–H groups in total. The van der Waals surface area contributed by atoms with Crippen molar-refractivity contribution in [1.82, 2.24) is 15.1 Å². The van der Waals surface area contributed by atoms with Crippen LogP contribution in [0.15, 0.2) is 54.6 Å². The zero-order chi connectivity index (χ0) is 24.7. The summed E-state index contributed by atoms with van der Waals surface area (Å²) in [6.45, 7) is 13.0. The minimum atomic E-state index is -1.20. The van der Waals surface area contributed by atoms with Crippen molar-refractivity contribution in [3.63, 3.8) is 0 Å². The molecule has 0 aliphatic carbocycles. The van der Waals surface area contributed by atoms with E-state index in [-0.39, 0.29) is 11.9 Å². The highest BCUT2D eigenvalue weighted by molar-refractivity contribution is 6.09. The maximum Gasteiger partial charge on any atom is 0.326 e. The average Bonchev–Trinajstić information content (AvgIpc) is 3.05. The second kappa shape index (κ2) is 11.7. The van der Waals surface area contributed by atoms with Crippen LogP contribution in [0.4, 0.5) is 4.79 Å². The van der Waals surface area contributed by atoms with E-state index in [9.17, 15) is 9.59 Å². The van der Waals surface area contributed by atoms with E-state index in [1.165, 1.54) is 4.90 Å². The first kappa shape index (κ1) is 26.0. The molecule has 0 bridgehead atoms. The summed E-state index contributed by atoms with van der Waals surface area (Å²) >= 11 is 0. The molecule has 2 aromatic carbocycles. The molecule has 0 aromatic heterocycles. The Labute approximate surface area is 205 Å². The van der Waals surface area contributed by atoms with Crippen LogP contribution in [-0.2, 0) is 10.3 Å². The summed E-state index contributed by atoms with van der Waals surface area (Å²) in [5, 5.41) is 3.08. The molecule has 3 amide bonds. The number of carbonyl (C=O) groups excluding carboxylic acids is 2. The van der Waals surface area contributed by atoms with Crippen molar-refractivity contribution < 1.29 is 9.59 Å². The summed E-state index contributed by atoms with van der Waals surface area (Å²) in [7, 11) is 0. The van der Waals surface area contributed by atoms with E-state index in [4.69, 9.17) is 0 Å². The summed E-state index contributed by atoms with van der Waals surface area (Å²) < 4.78 is 0. The van der Waals surface area contributed by atoms with Crippen molar-refractivity contribution in [2.75, 3.05) is 19.8 Å². The number of nitrogens with zero attached hydrogens (tertiary/aromatic N) is 2. The minimum absolute atomic E-state index is 0.203. The van der Waals surface area contributed by atoms with E-state index in [2.05, 4.69) is 37.9 Å². The molecule has 0 radical (unpaired) electrons. The standard InChI is InChI=1S/C29H41N3O2/c1-22(2)11-9-19-31(20-10-12-23(3)4)21-32-27(33)29(30-28(32)34,25-13-7-6-8-14-25)26-17-15-24(5)16-18-26/h6-8,13-18,22-23H,9-12,19-21H2,1-5H3,(H,30,34). The molecule has 1 aliphatic rings. The Bertz CT molecular complexity index is 926. The highest BCUT2D eigenvalue weighted by Crippen LogP contribution is 2.36. The molecule has 1 saturated heterocycles. The molecule has 1 fully saturated rings. The molecule has 34 heavy (non-hydrogen) atoms. The first-order valence-electron chi connectivity index (χ1n) is 12.7. The maximum atomic E-state index is 14.0. The van der Waals surface area contributed by atoms with Crippen molar-refractivity contribution in [2.24, 2.45) is 11.8 Å². The number of nitrogens with one attached hydrogen (secondary N) is 1. The molecular formula is C29H41N3O2. The number of hydrogen-bond donors (Lipinski definition) is 1. The maximum absolute atomic E-state index is 14.0. The third-order valence-electron chi connectivity index (χ3n) is 6.65. The van der Waals surface area contributed by atoms with Crippen LogP contribution in [0, 0.1) is 18.8 Å². The number of carbonyl (C=O) groups is 2. The first-order valence-corrected chi connectivity index (χ1v) is 12.7. The van der Waals surface area contributed by atoms with E-state index in [1.807, 2.05) is 61.5 Å². The molecule has 0 saturated carbocycles. The van der Waals surface area contributed by atoms with Crippen LogP contribution in [0.1, 0.15) is 70.1 Å². The molecule has 1 atom stereocenters. The van der Waals surface area contributed by atoms with E-state index in [1.54, 1.807) is 0 Å². The molecule has 2 aromatic rings. The minimum Gasteiger partial charge on any atom is -0.315 e. The normalized spacial score (nSPS) is 18.4. The molecule has 1 heterocycles. The number of urea groups is 1. The van der Waals surface area contributed by atoms with Crippen LogP contribution in [0.3, 0.4) is 0 Å². The Morgan fingerprint density at radius 3 is 1.88 bits per heavy atom. The predicted octanol–water partition coefficient (Wildman–Crippen LogP) is 5.92. The fraction of sp³-hybridized carbons (Fsp3) is 0.517. The zero-order valence-electron chi connectivity index (χ0n) is 21.5. The van der Waals surface area contributed by atoms with Crippen LogP contribution in [-0.4, -0.2) is 41.5 Å². The molecule has 5 nitrogen and oxygen atoms in total. The molecule has 0 spiro atoms. The predicted molar refractivity (Wildman–Crippen MR) is 138 cm³/mol. The van der Waals surface area contributed by atoms with Gasteiger partial charge in [0, 0.05) is 0 Å². The van der Waals surface area contributed by atoms with E-state index >= 15 is 0 Å². The van der Waals surface area contributed by atoms with Gasteiger partial charge >= 0.3 is 6.03 Å². The van der Waals surface area contributed by atoms with Crippen LogP contribution in [0.2, 0.25) is 0 Å². The van der Waals surface area contributed by atoms with Crippen molar-refractivity contribution in [3.05, 3.63) is 71.3 Å². The number of amides is 3. The van der Waals surface area contributed by atoms with Crippen molar-refractivity contribution in [2.45, 2.75) is 65.8 Å². The van der Waals surface area contributed by atoms with E-state index in [0.29, 0.717) is 18.5 Å². The second-order valence-electron chi connectivity index (χ2n) is 10.5. The third kappa shape index (κ3) is 6.06. The highest BCUT2D eigenvalue weighted by Gasteiger charge is 2.53. The van der Waals surface area contributed by atoms with Gasteiger partial charge in [-0.15, -0.1) is 0 Å². The van der Waals surface area contributed by atoms with E-state index < -0.39 is 5.54 Å². The zero-order valence-corrected chi connectivity index (χ0v) is 21.5. The molecule has 3 rings (SSSR count). The number of hydrogen-bond acceptors (Lipinski definition) is 3. The van der Waals surface area contributed by atoms with Gasteiger partial charge in [-0.2, -0.15) is 0 Å². The topological polar surface area (TPSA) is 52.7 Å². The van der Waals surface area contributed by atoms with Gasteiger partial charge in [0.25, 0.3) is 5.91 Å². The fourth-order valence-corrected chi connectivity index (χ4v) is 4.65. The lowest BCUT2D eigenvalue weighted by Crippen LogP contribution is -2.46. The highest BCUT2D eigenvalue weighted by atomic mass is 16.2. The number of aryl methyl sites for hydroxylation is 1. The summed E-state index contributed by atoms with van der Waals surface area (Å²) in [5.74, 6) is 1.08. The van der Waals surface area contributed by atoms with Gasteiger partial charge in [0.2, 0.25) is 0 Å². The quantitative estimate of drug-likeness (QED) is 0.397. The van der Waals surface area contributed by atoms with Gasteiger partial charge in [-0.1, -0.05) is 87.9 Å². The monoisotopic (exact) mass is 463 g/mol. The van der Waals surface area contributed by atoms with Crippen LogP contribution < -0.4 is 5.32 Å². The van der Waals surface area contributed by atoms with Gasteiger partial charge in [0.1, 0.15) is 0 Å². The Morgan fingerprint density at radius 1 is 0.824 bits per heavy atom. The van der Waals surface area contributed by atoms with Gasteiger partial charge in [-0.05, 0) is 68.7 Å². The Balaban J connectivity index is 1.88. The van der Waals surface area contributed by atoms with Crippen LogP contribution in [0.5, 0.6) is 0 Å². The Hall–Kier alpha value is -2.66. The largest absolute Gasteiger partial charge is 0.326 e. The van der Waals surface area contributed by atoms with Crippen LogP contribution >= 0.6 is 0 Å². The van der Waals surface area contributed by atoms with Gasteiger partial charge in [0.05, 0.1) is 6.67 Å².